The summed E-state index contributed by atoms with van der Waals surface area (Å²) in [5, 5.41) is 4.96. The average molecular weight is 347 g/mol. The summed E-state index contributed by atoms with van der Waals surface area (Å²) >= 11 is 0. The molecular formula is C15H20F3N3O3. The van der Waals surface area contributed by atoms with Gasteiger partial charge in [-0.2, -0.15) is 13.2 Å². The zero-order valence-corrected chi connectivity index (χ0v) is 13.9. The summed E-state index contributed by atoms with van der Waals surface area (Å²) in [5.74, 6) is -1.34. The van der Waals surface area contributed by atoms with Gasteiger partial charge in [0.25, 0.3) is 5.91 Å². The van der Waals surface area contributed by atoms with Crippen molar-refractivity contribution in [2.75, 3.05) is 13.2 Å². The predicted octanol–water partition coefficient (Wildman–Crippen LogP) is 1.82. The molecule has 0 saturated heterocycles. The summed E-state index contributed by atoms with van der Waals surface area (Å²) < 4.78 is 43.0. The Bertz CT molecular complexity index is 610. The number of rotatable bonds is 5. The zero-order chi connectivity index (χ0) is 18.5. The lowest BCUT2D eigenvalue weighted by atomic mass is 10.1. The van der Waals surface area contributed by atoms with Crippen LogP contribution >= 0.6 is 0 Å². The first-order chi connectivity index (χ1) is 10.9. The van der Waals surface area contributed by atoms with Gasteiger partial charge in [0.1, 0.15) is 0 Å². The van der Waals surface area contributed by atoms with Gasteiger partial charge < -0.3 is 15.4 Å². The lowest BCUT2D eigenvalue weighted by Crippen LogP contribution is -2.46. The quantitative estimate of drug-likeness (QED) is 0.851. The number of nitrogens with one attached hydrogen (secondary N) is 2. The van der Waals surface area contributed by atoms with Gasteiger partial charge in [-0.25, -0.2) is 4.98 Å². The number of carbonyl (C=O) groups is 2. The van der Waals surface area contributed by atoms with E-state index >= 15 is 0 Å². The maximum absolute atomic E-state index is 12.7. The molecule has 0 bridgehead atoms. The normalized spacial score (nSPS) is 11.8. The molecule has 0 radical (unpaired) electrons. The van der Waals surface area contributed by atoms with E-state index in [1.807, 2.05) is 0 Å². The Morgan fingerprint density at radius 3 is 2.33 bits per heavy atom. The second-order valence-electron chi connectivity index (χ2n) is 6.20. The topological polar surface area (TPSA) is 80.3 Å². The fourth-order valence-electron chi connectivity index (χ4n) is 1.71. The summed E-state index contributed by atoms with van der Waals surface area (Å²) in [6.45, 7) is 5.95. The molecule has 0 unspecified atom stereocenters. The summed E-state index contributed by atoms with van der Waals surface area (Å²) in [6, 6.07) is 1.59. The van der Waals surface area contributed by atoms with E-state index in [-0.39, 0.29) is 24.0 Å². The molecule has 1 rings (SSSR count). The largest absolute Gasteiger partial charge is 0.468 e. The highest BCUT2D eigenvalue weighted by atomic mass is 19.4. The third-order valence-corrected chi connectivity index (χ3v) is 2.57. The van der Waals surface area contributed by atoms with E-state index in [0.717, 1.165) is 6.07 Å². The zero-order valence-electron chi connectivity index (χ0n) is 13.9. The highest BCUT2D eigenvalue weighted by molar-refractivity contribution is 5.85. The van der Waals surface area contributed by atoms with Crippen LogP contribution in [-0.4, -0.2) is 35.5 Å². The van der Waals surface area contributed by atoms with Gasteiger partial charge in [0.15, 0.2) is 6.61 Å². The lowest BCUT2D eigenvalue weighted by molar-refractivity contribution is -0.137. The van der Waals surface area contributed by atoms with Crippen LogP contribution in [0.2, 0.25) is 0 Å². The molecule has 0 spiro atoms. The first-order valence-corrected chi connectivity index (χ1v) is 7.13. The molecule has 0 aliphatic rings. The second-order valence-corrected chi connectivity index (χ2v) is 6.20. The van der Waals surface area contributed by atoms with Crippen molar-refractivity contribution in [3.05, 3.63) is 23.4 Å². The Hall–Kier alpha value is -2.32. The number of nitrogens with zero attached hydrogens (tertiary/aromatic N) is 1. The van der Waals surface area contributed by atoms with Gasteiger partial charge in [0, 0.05) is 17.3 Å². The highest BCUT2D eigenvalue weighted by Crippen LogP contribution is 2.31. The molecule has 2 N–H and O–H groups in total. The maximum Gasteiger partial charge on any atom is 0.416 e. The number of hydrogen-bond donors (Lipinski definition) is 2. The molecule has 2 amide bonds. The number of ether oxygens (including phenoxy) is 1. The van der Waals surface area contributed by atoms with Gasteiger partial charge in [-0.15, -0.1) is 0 Å². The fraction of sp³-hybridized carbons (Fsp3) is 0.533. The van der Waals surface area contributed by atoms with Crippen LogP contribution in [0, 0.1) is 6.92 Å². The number of aryl methyl sites for hydroxylation is 1. The molecular weight excluding hydrogens is 327 g/mol. The number of hydrogen-bond acceptors (Lipinski definition) is 4. The van der Waals surface area contributed by atoms with Crippen LogP contribution < -0.4 is 15.4 Å². The van der Waals surface area contributed by atoms with Crippen molar-refractivity contribution in [3.8, 4) is 5.88 Å². The van der Waals surface area contributed by atoms with E-state index in [4.69, 9.17) is 4.74 Å². The van der Waals surface area contributed by atoms with Crippen molar-refractivity contribution in [2.24, 2.45) is 0 Å². The third-order valence-electron chi connectivity index (χ3n) is 2.57. The molecule has 24 heavy (non-hydrogen) atoms. The Kier molecular flexibility index (Phi) is 6.16. The van der Waals surface area contributed by atoms with E-state index in [9.17, 15) is 22.8 Å². The summed E-state index contributed by atoms with van der Waals surface area (Å²) in [6.07, 6.45) is -4.53. The van der Waals surface area contributed by atoms with Crippen molar-refractivity contribution >= 4 is 11.8 Å². The smallest absolute Gasteiger partial charge is 0.416 e. The molecule has 134 valence electrons. The number of carbonyl (C=O) groups excluding carboxylic acids is 2. The van der Waals surface area contributed by atoms with Crippen LogP contribution in [0.5, 0.6) is 5.88 Å². The van der Waals surface area contributed by atoms with Crippen molar-refractivity contribution < 1.29 is 27.5 Å². The van der Waals surface area contributed by atoms with Gasteiger partial charge in [-0.05, 0) is 33.8 Å². The lowest BCUT2D eigenvalue weighted by Gasteiger charge is -2.20. The van der Waals surface area contributed by atoms with Gasteiger partial charge in [-0.1, -0.05) is 0 Å². The van der Waals surface area contributed by atoms with E-state index < -0.39 is 29.8 Å². The van der Waals surface area contributed by atoms with Crippen LogP contribution in [0.3, 0.4) is 0 Å². The maximum atomic E-state index is 12.7. The van der Waals surface area contributed by atoms with Crippen molar-refractivity contribution in [3.63, 3.8) is 0 Å². The third kappa shape index (κ3) is 7.30. The molecule has 0 aliphatic carbocycles. The summed E-state index contributed by atoms with van der Waals surface area (Å²) in [4.78, 5) is 26.9. The van der Waals surface area contributed by atoms with Crippen LogP contribution in [0.15, 0.2) is 12.1 Å². The first-order valence-electron chi connectivity index (χ1n) is 7.13. The van der Waals surface area contributed by atoms with Crippen molar-refractivity contribution in [1.29, 1.82) is 0 Å². The monoisotopic (exact) mass is 347 g/mol. The number of aromatic nitrogens is 1. The number of alkyl halides is 3. The van der Waals surface area contributed by atoms with Crippen molar-refractivity contribution in [1.82, 2.24) is 15.6 Å². The number of halogens is 3. The van der Waals surface area contributed by atoms with E-state index in [0.29, 0.717) is 6.07 Å². The number of amides is 2. The first kappa shape index (κ1) is 19.7. The van der Waals surface area contributed by atoms with Crippen LogP contribution in [-0.2, 0) is 15.8 Å². The molecule has 0 aliphatic heterocycles. The minimum Gasteiger partial charge on any atom is -0.468 e. The molecule has 9 heteroatoms. The summed E-state index contributed by atoms with van der Waals surface area (Å²) in [7, 11) is 0. The minimum absolute atomic E-state index is 0.116. The fourth-order valence-corrected chi connectivity index (χ4v) is 1.71. The Labute approximate surface area is 137 Å². The van der Waals surface area contributed by atoms with E-state index in [2.05, 4.69) is 15.6 Å². The van der Waals surface area contributed by atoms with E-state index in [1.165, 1.54) is 6.92 Å². The molecule has 0 aromatic carbocycles. The molecule has 6 nitrogen and oxygen atoms in total. The molecule has 1 aromatic heterocycles. The van der Waals surface area contributed by atoms with Gasteiger partial charge in [0.2, 0.25) is 11.8 Å². The molecule has 0 atom stereocenters. The van der Waals surface area contributed by atoms with Crippen LogP contribution in [0.1, 0.15) is 32.0 Å². The van der Waals surface area contributed by atoms with Crippen LogP contribution in [0.25, 0.3) is 0 Å². The van der Waals surface area contributed by atoms with Crippen LogP contribution in [0.4, 0.5) is 13.2 Å². The molecule has 0 fully saturated rings. The van der Waals surface area contributed by atoms with Crippen molar-refractivity contribution in [2.45, 2.75) is 39.4 Å². The molecule has 1 heterocycles. The highest BCUT2D eigenvalue weighted by Gasteiger charge is 2.31. The molecule has 1 aromatic rings. The molecule has 0 saturated carbocycles. The SMILES string of the molecule is Cc1cc(C(F)(F)F)cc(OCC(=O)NCC(=O)NC(C)(C)C)n1. The average Bonchev–Trinajstić information content (AvgIpc) is 2.39. The Morgan fingerprint density at radius 2 is 1.79 bits per heavy atom. The Balaban J connectivity index is 2.53. The number of pyridine rings is 1. The summed E-state index contributed by atoms with van der Waals surface area (Å²) in [5.41, 5.74) is -1.22. The van der Waals surface area contributed by atoms with E-state index in [1.54, 1.807) is 20.8 Å². The van der Waals surface area contributed by atoms with Gasteiger partial charge in [-0.3, -0.25) is 9.59 Å². The predicted molar refractivity (Wildman–Crippen MR) is 80.4 cm³/mol. The second kappa shape index (κ2) is 7.50. The van der Waals surface area contributed by atoms with Gasteiger partial charge >= 0.3 is 6.18 Å². The standard InChI is InChI=1S/C15H20F3N3O3/c1-9-5-10(15(16,17)18)6-13(20-9)24-8-12(23)19-7-11(22)21-14(2,3)4/h5-6H,7-8H2,1-4H3,(H,19,23)(H,21,22). The van der Waals surface area contributed by atoms with Gasteiger partial charge in [0.05, 0.1) is 12.1 Å². The Morgan fingerprint density at radius 1 is 1.17 bits per heavy atom. The minimum atomic E-state index is -4.53.